The Hall–Kier alpha value is -3.25. The highest BCUT2D eigenvalue weighted by atomic mass is 15.4. The van der Waals surface area contributed by atoms with E-state index in [1.54, 1.807) is 0 Å². The van der Waals surface area contributed by atoms with Crippen molar-refractivity contribution in [2.75, 3.05) is 11.9 Å². The third-order valence-corrected chi connectivity index (χ3v) is 5.59. The van der Waals surface area contributed by atoms with Gasteiger partial charge in [-0.15, -0.1) is 5.10 Å². The standard InChI is InChI=1S/C23H24N6/c1-2-5-18(6-3-1)15-25-20-8-9-22-23(26-27-29(22)17-20)21-7-4-14-28(21)16-19-10-12-24-13-11-19/h1-3,5-6,8-13,17,21,25H,4,7,14-16H2/t21-/m0/s1. The molecule has 0 amide bonds. The van der Waals surface area contributed by atoms with E-state index < -0.39 is 0 Å². The van der Waals surface area contributed by atoms with E-state index in [2.05, 4.69) is 74.0 Å². The van der Waals surface area contributed by atoms with Gasteiger partial charge in [0, 0.05) is 25.5 Å². The SMILES string of the molecule is c1ccc(CNc2ccc3c([C@@H]4CCCN4Cc4ccncc4)nnn3c2)cc1. The number of anilines is 1. The van der Waals surface area contributed by atoms with Crippen molar-refractivity contribution in [1.29, 1.82) is 0 Å². The van der Waals surface area contributed by atoms with Gasteiger partial charge in [0.1, 0.15) is 5.69 Å². The van der Waals surface area contributed by atoms with Crippen LogP contribution < -0.4 is 5.32 Å². The number of hydrogen-bond acceptors (Lipinski definition) is 5. The third kappa shape index (κ3) is 3.84. The summed E-state index contributed by atoms with van der Waals surface area (Å²) < 4.78 is 1.89. The highest BCUT2D eigenvalue weighted by Gasteiger charge is 2.29. The Morgan fingerprint density at radius 1 is 0.966 bits per heavy atom. The average molecular weight is 384 g/mol. The fraction of sp³-hybridized carbons (Fsp3) is 0.261. The molecule has 29 heavy (non-hydrogen) atoms. The van der Waals surface area contributed by atoms with Gasteiger partial charge in [-0.3, -0.25) is 9.88 Å². The van der Waals surface area contributed by atoms with Gasteiger partial charge in [-0.05, 0) is 54.8 Å². The molecule has 0 bridgehead atoms. The minimum atomic E-state index is 0.309. The molecule has 0 radical (unpaired) electrons. The van der Waals surface area contributed by atoms with Crippen LogP contribution in [-0.4, -0.2) is 31.3 Å². The van der Waals surface area contributed by atoms with Crippen LogP contribution in [0.4, 0.5) is 5.69 Å². The molecular weight excluding hydrogens is 360 g/mol. The smallest absolute Gasteiger partial charge is 0.108 e. The summed E-state index contributed by atoms with van der Waals surface area (Å²) >= 11 is 0. The zero-order valence-electron chi connectivity index (χ0n) is 16.3. The minimum absolute atomic E-state index is 0.309. The summed E-state index contributed by atoms with van der Waals surface area (Å²) in [5.74, 6) is 0. The number of fused-ring (bicyclic) bond motifs is 1. The van der Waals surface area contributed by atoms with Crippen molar-refractivity contribution in [3.05, 3.63) is 90.0 Å². The lowest BCUT2D eigenvalue weighted by molar-refractivity contribution is 0.245. The Bertz CT molecular complexity index is 1080. The van der Waals surface area contributed by atoms with Gasteiger partial charge in [0.2, 0.25) is 0 Å². The van der Waals surface area contributed by atoms with E-state index in [0.717, 1.165) is 43.0 Å². The Morgan fingerprint density at radius 3 is 2.69 bits per heavy atom. The summed E-state index contributed by atoms with van der Waals surface area (Å²) in [5.41, 5.74) is 5.74. The summed E-state index contributed by atoms with van der Waals surface area (Å²) in [6.45, 7) is 2.79. The molecule has 0 unspecified atom stereocenters. The predicted octanol–water partition coefficient (Wildman–Crippen LogP) is 4.07. The summed E-state index contributed by atoms with van der Waals surface area (Å²) in [6.07, 6.45) is 8.05. The third-order valence-electron chi connectivity index (χ3n) is 5.59. The lowest BCUT2D eigenvalue weighted by Crippen LogP contribution is -2.23. The average Bonchev–Trinajstić information content (AvgIpc) is 3.40. The highest BCUT2D eigenvalue weighted by Crippen LogP contribution is 2.34. The number of aromatic nitrogens is 4. The van der Waals surface area contributed by atoms with Crippen LogP contribution in [0.5, 0.6) is 0 Å². The molecular formula is C23H24N6. The van der Waals surface area contributed by atoms with Crippen LogP contribution in [-0.2, 0) is 13.1 Å². The van der Waals surface area contributed by atoms with Crippen molar-refractivity contribution in [3.8, 4) is 0 Å². The largest absolute Gasteiger partial charge is 0.380 e. The molecule has 1 atom stereocenters. The number of benzene rings is 1. The maximum atomic E-state index is 4.56. The Morgan fingerprint density at radius 2 is 1.83 bits per heavy atom. The first kappa shape index (κ1) is 17.8. The molecule has 146 valence electrons. The maximum Gasteiger partial charge on any atom is 0.108 e. The van der Waals surface area contributed by atoms with Gasteiger partial charge >= 0.3 is 0 Å². The number of nitrogens with one attached hydrogen (secondary N) is 1. The molecule has 0 aliphatic carbocycles. The molecule has 6 heteroatoms. The zero-order valence-corrected chi connectivity index (χ0v) is 16.3. The quantitative estimate of drug-likeness (QED) is 0.543. The molecule has 4 aromatic rings. The van der Waals surface area contributed by atoms with Crippen molar-refractivity contribution in [3.63, 3.8) is 0 Å². The maximum absolute atomic E-state index is 4.56. The summed E-state index contributed by atoms with van der Waals surface area (Å²) in [4.78, 5) is 6.62. The van der Waals surface area contributed by atoms with Crippen molar-refractivity contribution in [2.24, 2.45) is 0 Å². The van der Waals surface area contributed by atoms with Gasteiger partial charge in [-0.2, -0.15) is 0 Å². The Balaban J connectivity index is 1.34. The number of pyridine rings is 2. The van der Waals surface area contributed by atoms with Gasteiger partial charge in [0.05, 0.1) is 23.4 Å². The van der Waals surface area contributed by atoms with E-state index in [4.69, 9.17) is 0 Å². The normalized spacial score (nSPS) is 17.0. The molecule has 1 aliphatic rings. The van der Waals surface area contributed by atoms with Crippen LogP contribution >= 0.6 is 0 Å². The van der Waals surface area contributed by atoms with E-state index >= 15 is 0 Å². The van der Waals surface area contributed by atoms with E-state index in [0.29, 0.717) is 6.04 Å². The minimum Gasteiger partial charge on any atom is -0.380 e. The second-order valence-corrected chi connectivity index (χ2v) is 7.55. The van der Waals surface area contributed by atoms with Gasteiger partial charge in [-0.25, -0.2) is 4.52 Å². The number of hydrogen-bond donors (Lipinski definition) is 1. The molecule has 0 spiro atoms. The first-order valence-electron chi connectivity index (χ1n) is 10.1. The van der Waals surface area contributed by atoms with E-state index in [1.165, 1.54) is 17.5 Å². The summed E-state index contributed by atoms with van der Waals surface area (Å²) in [5, 5.41) is 12.4. The molecule has 1 aromatic carbocycles. The monoisotopic (exact) mass is 384 g/mol. The van der Waals surface area contributed by atoms with Crippen LogP contribution in [0.3, 0.4) is 0 Å². The van der Waals surface area contributed by atoms with Crippen LogP contribution in [0.15, 0.2) is 73.2 Å². The van der Waals surface area contributed by atoms with Crippen LogP contribution in [0.25, 0.3) is 5.52 Å². The molecule has 4 heterocycles. The van der Waals surface area contributed by atoms with Crippen LogP contribution in [0.2, 0.25) is 0 Å². The van der Waals surface area contributed by atoms with Crippen molar-refractivity contribution < 1.29 is 0 Å². The topological polar surface area (TPSA) is 58.3 Å². The van der Waals surface area contributed by atoms with E-state index in [-0.39, 0.29) is 0 Å². The molecule has 1 N–H and O–H groups in total. The highest BCUT2D eigenvalue weighted by molar-refractivity contribution is 5.57. The van der Waals surface area contributed by atoms with E-state index in [9.17, 15) is 0 Å². The van der Waals surface area contributed by atoms with Crippen molar-refractivity contribution in [2.45, 2.75) is 32.0 Å². The predicted molar refractivity (Wildman–Crippen MR) is 113 cm³/mol. The fourth-order valence-corrected chi connectivity index (χ4v) is 4.10. The van der Waals surface area contributed by atoms with Gasteiger partial charge < -0.3 is 5.32 Å². The fourth-order valence-electron chi connectivity index (χ4n) is 4.10. The molecule has 0 saturated carbocycles. The number of rotatable bonds is 6. The lowest BCUT2D eigenvalue weighted by Gasteiger charge is -2.23. The van der Waals surface area contributed by atoms with Crippen molar-refractivity contribution >= 4 is 11.2 Å². The lowest BCUT2D eigenvalue weighted by atomic mass is 10.1. The van der Waals surface area contributed by atoms with Crippen molar-refractivity contribution in [1.82, 2.24) is 24.7 Å². The molecule has 1 saturated heterocycles. The number of likely N-dealkylation sites (tertiary alicyclic amines) is 1. The Kier molecular flexibility index (Phi) is 4.92. The molecule has 1 aliphatic heterocycles. The summed E-state index contributed by atoms with van der Waals surface area (Å²) in [7, 11) is 0. The first-order valence-corrected chi connectivity index (χ1v) is 10.1. The second kappa shape index (κ2) is 8.01. The zero-order chi connectivity index (χ0) is 19.5. The first-order chi connectivity index (χ1) is 14.4. The molecule has 5 rings (SSSR count). The molecule has 6 nitrogen and oxygen atoms in total. The van der Waals surface area contributed by atoms with Gasteiger partial charge in [-0.1, -0.05) is 35.5 Å². The Labute approximate surface area is 170 Å². The number of nitrogens with zero attached hydrogens (tertiary/aromatic N) is 5. The van der Waals surface area contributed by atoms with E-state index in [1.807, 2.05) is 29.2 Å². The molecule has 3 aromatic heterocycles. The van der Waals surface area contributed by atoms with Gasteiger partial charge in [0.25, 0.3) is 0 Å². The molecule has 1 fully saturated rings. The van der Waals surface area contributed by atoms with Crippen LogP contribution in [0, 0.1) is 0 Å². The van der Waals surface area contributed by atoms with Gasteiger partial charge in [0.15, 0.2) is 0 Å². The van der Waals surface area contributed by atoms with Crippen LogP contribution in [0.1, 0.15) is 35.7 Å². The second-order valence-electron chi connectivity index (χ2n) is 7.55. The summed E-state index contributed by atoms with van der Waals surface area (Å²) in [6, 6.07) is 19.1.